The average molecular weight is 375 g/mol. The number of amides is 3. The van der Waals surface area contributed by atoms with E-state index in [1.807, 2.05) is 18.2 Å². The van der Waals surface area contributed by atoms with E-state index in [-0.39, 0.29) is 29.9 Å². The number of halogens is 1. The van der Waals surface area contributed by atoms with Crippen molar-refractivity contribution in [2.75, 3.05) is 16.0 Å². The Morgan fingerprint density at radius 3 is 2.64 bits per heavy atom. The molecule has 0 spiro atoms. The third kappa shape index (κ3) is 4.21. The van der Waals surface area contributed by atoms with E-state index >= 15 is 0 Å². The zero-order valence-electron chi connectivity index (χ0n) is 13.1. The first-order valence-corrected chi connectivity index (χ1v) is 9.06. The van der Waals surface area contributed by atoms with E-state index in [1.165, 1.54) is 11.8 Å². The van der Waals surface area contributed by atoms with Crippen LogP contribution >= 0.6 is 23.4 Å². The highest BCUT2D eigenvalue weighted by atomic mass is 35.5. The quantitative estimate of drug-likeness (QED) is 0.815. The number of nitrogens with zero attached hydrogens (tertiary/aromatic N) is 1. The molecule has 1 saturated heterocycles. The van der Waals surface area contributed by atoms with Gasteiger partial charge in [-0.3, -0.25) is 14.4 Å². The molecule has 3 amide bonds. The maximum atomic E-state index is 12.5. The fourth-order valence-electron chi connectivity index (χ4n) is 2.52. The van der Waals surface area contributed by atoms with Gasteiger partial charge in [-0.05, 0) is 30.3 Å². The van der Waals surface area contributed by atoms with Gasteiger partial charge in [0.15, 0.2) is 0 Å². The van der Waals surface area contributed by atoms with Crippen LogP contribution in [0.4, 0.5) is 11.4 Å². The molecule has 1 N–H and O–H groups in total. The number of carbonyl (C=O) groups is 3. The predicted molar refractivity (Wildman–Crippen MR) is 99.9 cm³/mol. The molecule has 1 atom stereocenters. The van der Waals surface area contributed by atoms with Gasteiger partial charge in [0.2, 0.25) is 17.7 Å². The molecule has 2 aromatic carbocycles. The van der Waals surface area contributed by atoms with Crippen LogP contribution in [0.3, 0.4) is 0 Å². The average Bonchev–Trinajstić information content (AvgIpc) is 2.88. The van der Waals surface area contributed by atoms with Gasteiger partial charge >= 0.3 is 0 Å². The van der Waals surface area contributed by atoms with E-state index in [1.54, 1.807) is 36.4 Å². The normalized spacial score (nSPS) is 17.0. The van der Waals surface area contributed by atoms with E-state index < -0.39 is 5.25 Å². The molecule has 128 valence electrons. The number of thioether (sulfide) groups is 1. The lowest BCUT2D eigenvalue weighted by molar-refractivity contribution is -0.121. The molecule has 3 rings (SSSR count). The summed E-state index contributed by atoms with van der Waals surface area (Å²) in [4.78, 5) is 37.8. The number of rotatable bonds is 5. The number of imide groups is 1. The van der Waals surface area contributed by atoms with Gasteiger partial charge in [0, 0.05) is 17.1 Å². The molecular formula is C18H15ClN2O3S. The smallest absolute Gasteiger partial charge is 0.247 e. The van der Waals surface area contributed by atoms with Crippen LogP contribution in [0.2, 0.25) is 5.02 Å². The Morgan fingerprint density at radius 2 is 1.92 bits per heavy atom. The van der Waals surface area contributed by atoms with Crippen molar-refractivity contribution in [3.8, 4) is 0 Å². The summed E-state index contributed by atoms with van der Waals surface area (Å²) in [5.74, 6) is -0.710. The van der Waals surface area contributed by atoms with Crippen LogP contribution in [0.25, 0.3) is 0 Å². The summed E-state index contributed by atoms with van der Waals surface area (Å²) in [7, 11) is 0. The molecular weight excluding hydrogens is 360 g/mol. The molecule has 0 bridgehead atoms. The minimum absolute atomic E-state index is 0.0780. The highest BCUT2D eigenvalue weighted by Gasteiger charge is 2.40. The van der Waals surface area contributed by atoms with E-state index in [9.17, 15) is 14.4 Å². The van der Waals surface area contributed by atoms with Crippen molar-refractivity contribution in [3.63, 3.8) is 0 Å². The molecule has 1 aliphatic heterocycles. The summed E-state index contributed by atoms with van der Waals surface area (Å²) in [6.45, 7) is 0. The number of hydrogen-bond donors (Lipinski definition) is 1. The summed E-state index contributed by atoms with van der Waals surface area (Å²) < 4.78 is 0. The van der Waals surface area contributed by atoms with Crippen molar-refractivity contribution in [3.05, 3.63) is 59.6 Å². The van der Waals surface area contributed by atoms with E-state index in [2.05, 4.69) is 5.32 Å². The lowest BCUT2D eigenvalue weighted by atomic mass is 10.3. The highest BCUT2D eigenvalue weighted by Crippen LogP contribution is 2.30. The summed E-state index contributed by atoms with van der Waals surface area (Å²) in [6, 6.07) is 15.7. The van der Waals surface area contributed by atoms with Gasteiger partial charge in [-0.1, -0.05) is 35.9 Å². The number of hydrogen-bond acceptors (Lipinski definition) is 4. The van der Waals surface area contributed by atoms with E-state index in [0.29, 0.717) is 16.4 Å². The third-order valence-electron chi connectivity index (χ3n) is 3.64. The van der Waals surface area contributed by atoms with Crippen LogP contribution < -0.4 is 10.2 Å². The number of nitrogens with one attached hydrogen (secondary N) is 1. The molecule has 1 fully saturated rings. The van der Waals surface area contributed by atoms with E-state index in [4.69, 9.17) is 11.6 Å². The number of benzene rings is 2. The zero-order chi connectivity index (χ0) is 17.8. The van der Waals surface area contributed by atoms with Gasteiger partial charge in [0.25, 0.3) is 0 Å². The van der Waals surface area contributed by atoms with Gasteiger partial charge in [0.05, 0.1) is 16.7 Å². The Bertz CT molecular complexity index is 813. The predicted octanol–water partition coefficient (Wildman–Crippen LogP) is 3.34. The lowest BCUT2D eigenvalue weighted by Crippen LogP contribution is -2.31. The number of carbonyl (C=O) groups excluding carboxylic acids is 3. The van der Waals surface area contributed by atoms with Crippen LogP contribution in [0, 0.1) is 0 Å². The first-order chi connectivity index (χ1) is 12.0. The second-order valence-electron chi connectivity index (χ2n) is 5.47. The molecule has 2 aromatic rings. The molecule has 5 nitrogen and oxygen atoms in total. The first kappa shape index (κ1) is 17.5. The molecule has 7 heteroatoms. The third-order valence-corrected chi connectivity index (χ3v) is 5.08. The molecule has 1 heterocycles. The first-order valence-electron chi connectivity index (χ1n) is 7.63. The Balaban J connectivity index is 1.60. The van der Waals surface area contributed by atoms with Crippen molar-refractivity contribution in [1.29, 1.82) is 0 Å². The van der Waals surface area contributed by atoms with Gasteiger partial charge in [-0.2, -0.15) is 0 Å². The van der Waals surface area contributed by atoms with Crippen LogP contribution in [-0.4, -0.2) is 28.7 Å². The Hall–Kier alpha value is -2.31. The summed E-state index contributed by atoms with van der Waals surface area (Å²) in [6.07, 6.45) is 0.0780. The molecule has 0 aliphatic carbocycles. The van der Waals surface area contributed by atoms with Gasteiger partial charge in [-0.25, -0.2) is 4.90 Å². The van der Waals surface area contributed by atoms with Crippen LogP contribution in [0.1, 0.15) is 6.42 Å². The molecule has 0 unspecified atom stereocenters. The van der Waals surface area contributed by atoms with Crippen molar-refractivity contribution in [2.24, 2.45) is 0 Å². The van der Waals surface area contributed by atoms with Gasteiger partial charge in [-0.15, -0.1) is 11.8 Å². The molecule has 25 heavy (non-hydrogen) atoms. The lowest BCUT2D eigenvalue weighted by Gasteiger charge is -2.15. The fourth-order valence-corrected chi connectivity index (χ4v) is 3.63. The Kier molecular flexibility index (Phi) is 5.40. The van der Waals surface area contributed by atoms with E-state index in [0.717, 1.165) is 4.90 Å². The maximum absolute atomic E-state index is 12.5. The summed E-state index contributed by atoms with van der Waals surface area (Å²) >= 11 is 7.10. The SMILES string of the molecule is O=C(CS[C@@H]1CC(=O)N(c2cccc(Cl)c2)C1=O)Nc1ccccc1. The highest BCUT2D eigenvalue weighted by molar-refractivity contribution is 8.01. The molecule has 0 radical (unpaired) electrons. The topological polar surface area (TPSA) is 66.5 Å². The Labute approximate surface area is 154 Å². The standard InChI is InChI=1S/C18H15ClN2O3S/c19-12-5-4-8-14(9-12)21-17(23)10-15(18(21)24)25-11-16(22)20-13-6-2-1-3-7-13/h1-9,15H,10-11H2,(H,20,22)/t15-/m1/s1. The minimum atomic E-state index is -0.562. The molecule has 0 aromatic heterocycles. The van der Waals surface area contributed by atoms with Crippen molar-refractivity contribution in [2.45, 2.75) is 11.7 Å². The summed E-state index contributed by atoms with van der Waals surface area (Å²) in [5.41, 5.74) is 1.15. The monoisotopic (exact) mass is 374 g/mol. The zero-order valence-corrected chi connectivity index (χ0v) is 14.7. The van der Waals surface area contributed by atoms with Crippen molar-refractivity contribution >= 4 is 52.5 Å². The van der Waals surface area contributed by atoms with Crippen LogP contribution in [0.5, 0.6) is 0 Å². The maximum Gasteiger partial charge on any atom is 0.247 e. The largest absolute Gasteiger partial charge is 0.325 e. The molecule has 0 saturated carbocycles. The Morgan fingerprint density at radius 1 is 1.16 bits per heavy atom. The van der Waals surface area contributed by atoms with Gasteiger partial charge < -0.3 is 5.32 Å². The number of anilines is 2. The second-order valence-corrected chi connectivity index (χ2v) is 7.09. The van der Waals surface area contributed by atoms with Crippen molar-refractivity contribution < 1.29 is 14.4 Å². The van der Waals surface area contributed by atoms with Gasteiger partial charge in [0.1, 0.15) is 0 Å². The van der Waals surface area contributed by atoms with Crippen LogP contribution in [0.15, 0.2) is 54.6 Å². The minimum Gasteiger partial charge on any atom is -0.325 e. The molecule has 1 aliphatic rings. The summed E-state index contributed by atoms with van der Waals surface area (Å²) in [5, 5.41) is 2.65. The van der Waals surface area contributed by atoms with Crippen LogP contribution in [-0.2, 0) is 14.4 Å². The second kappa shape index (κ2) is 7.72. The van der Waals surface area contributed by atoms with Crippen molar-refractivity contribution in [1.82, 2.24) is 0 Å². The fraction of sp³-hybridized carbons (Fsp3) is 0.167. The number of para-hydroxylation sites is 1.